The predicted molar refractivity (Wildman–Crippen MR) is 67.8 cm³/mol. The number of pyridine rings is 1. The van der Waals surface area contributed by atoms with Gasteiger partial charge in [0, 0.05) is 11.7 Å². The van der Waals surface area contributed by atoms with Gasteiger partial charge in [-0.2, -0.15) is 0 Å². The third-order valence-corrected chi connectivity index (χ3v) is 3.68. The summed E-state index contributed by atoms with van der Waals surface area (Å²) in [5.74, 6) is 0. The van der Waals surface area contributed by atoms with Crippen molar-refractivity contribution < 1.29 is 0 Å². The molecule has 1 atom stereocenters. The fourth-order valence-corrected chi connectivity index (χ4v) is 2.80. The molecule has 0 saturated carbocycles. The molecule has 88 valence electrons. The number of piperidine rings is 1. The normalized spacial score (nSPS) is 22.3. The molecule has 1 aromatic heterocycles. The van der Waals surface area contributed by atoms with E-state index in [4.69, 9.17) is 11.6 Å². The molecule has 0 aromatic carbocycles. The molecule has 1 aliphatic rings. The van der Waals surface area contributed by atoms with Crippen LogP contribution in [0.4, 0.5) is 0 Å². The van der Waals surface area contributed by atoms with Crippen molar-refractivity contribution in [1.82, 2.24) is 9.88 Å². The summed E-state index contributed by atoms with van der Waals surface area (Å²) < 4.78 is 0. The summed E-state index contributed by atoms with van der Waals surface area (Å²) >= 11 is 5.90. The Morgan fingerprint density at radius 2 is 2.25 bits per heavy atom. The van der Waals surface area contributed by atoms with Gasteiger partial charge in [-0.3, -0.25) is 4.90 Å². The number of rotatable bonds is 2. The number of aryl methyl sites for hydroxylation is 1. The molecule has 1 aliphatic heterocycles. The van der Waals surface area contributed by atoms with E-state index >= 15 is 0 Å². The van der Waals surface area contributed by atoms with Crippen LogP contribution >= 0.6 is 11.6 Å². The topological polar surface area (TPSA) is 16.1 Å². The second kappa shape index (κ2) is 5.15. The monoisotopic (exact) mass is 238 g/mol. The Morgan fingerprint density at radius 1 is 1.44 bits per heavy atom. The largest absolute Gasteiger partial charge is 0.297 e. The molecule has 0 bridgehead atoms. The van der Waals surface area contributed by atoms with Gasteiger partial charge in [-0.05, 0) is 44.5 Å². The lowest BCUT2D eigenvalue weighted by Crippen LogP contribution is -2.33. The second-order valence-corrected chi connectivity index (χ2v) is 4.84. The van der Waals surface area contributed by atoms with Gasteiger partial charge in [-0.15, -0.1) is 0 Å². The summed E-state index contributed by atoms with van der Waals surface area (Å²) in [7, 11) is 0. The van der Waals surface area contributed by atoms with Crippen LogP contribution in [0.3, 0.4) is 0 Å². The van der Waals surface area contributed by atoms with E-state index in [-0.39, 0.29) is 0 Å². The standard InChI is InChI=1S/C13H19ClN2/c1-3-16-9-5-4-6-12(16)11-7-8-13(14)15-10(11)2/h7-8,12H,3-6,9H2,1-2H3/t12-/m0/s1. The average Bonchev–Trinajstić information content (AvgIpc) is 2.29. The Labute approximate surface area is 103 Å². The molecule has 2 rings (SSSR count). The van der Waals surface area contributed by atoms with Crippen LogP contribution in [0.15, 0.2) is 12.1 Å². The zero-order valence-corrected chi connectivity index (χ0v) is 10.8. The van der Waals surface area contributed by atoms with Crippen LogP contribution in [-0.2, 0) is 0 Å². The quantitative estimate of drug-likeness (QED) is 0.732. The smallest absolute Gasteiger partial charge is 0.129 e. The van der Waals surface area contributed by atoms with Crippen molar-refractivity contribution in [2.24, 2.45) is 0 Å². The number of hydrogen-bond acceptors (Lipinski definition) is 2. The lowest BCUT2D eigenvalue weighted by molar-refractivity contribution is 0.156. The number of likely N-dealkylation sites (tertiary alicyclic amines) is 1. The summed E-state index contributed by atoms with van der Waals surface area (Å²) in [5, 5.41) is 0.597. The van der Waals surface area contributed by atoms with E-state index < -0.39 is 0 Å². The van der Waals surface area contributed by atoms with E-state index in [1.165, 1.54) is 31.4 Å². The molecule has 16 heavy (non-hydrogen) atoms. The van der Waals surface area contributed by atoms with Crippen LogP contribution < -0.4 is 0 Å². The van der Waals surface area contributed by atoms with Crippen molar-refractivity contribution in [3.8, 4) is 0 Å². The van der Waals surface area contributed by atoms with E-state index in [9.17, 15) is 0 Å². The first-order valence-corrected chi connectivity index (χ1v) is 6.47. The molecule has 2 heterocycles. The summed E-state index contributed by atoms with van der Waals surface area (Å²) in [6, 6.07) is 4.60. The van der Waals surface area contributed by atoms with Gasteiger partial charge in [0.25, 0.3) is 0 Å². The second-order valence-electron chi connectivity index (χ2n) is 4.45. The van der Waals surface area contributed by atoms with E-state index in [2.05, 4.69) is 29.8 Å². The molecule has 0 N–H and O–H groups in total. The molecule has 0 radical (unpaired) electrons. The van der Waals surface area contributed by atoms with Gasteiger partial charge in [0.05, 0.1) is 0 Å². The maximum atomic E-state index is 5.90. The van der Waals surface area contributed by atoms with Crippen LogP contribution in [0, 0.1) is 6.92 Å². The maximum absolute atomic E-state index is 5.90. The lowest BCUT2D eigenvalue weighted by Gasteiger charge is -2.35. The molecule has 1 fully saturated rings. The number of nitrogens with zero attached hydrogens (tertiary/aromatic N) is 2. The molecule has 2 nitrogen and oxygen atoms in total. The predicted octanol–water partition coefficient (Wildman–Crippen LogP) is 3.59. The number of hydrogen-bond donors (Lipinski definition) is 0. The Hall–Kier alpha value is -0.600. The molecule has 0 spiro atoms. The SMILES string of the molecule is CCN1CCCC[C@H]1c1ccc(Cl)nc1C. The van der Waals surface area contributed by atoms with Crippen molar-refractivity contribution in [3.63, 3.8) is 0 Å². The summed E-state index contributed by atoms with van der Waals surface area (Å²) in [5.41, 5.74) is 2.43. The van der Waals surface area contributed by atoms with Crippen molar-refractivity contribution in [3.05, 3.63) is 28.5 Å². The molecule has 0 amide bonds. The minimum absolute atomic E-state index is 0.545. The van der Waals surface area contributed by atoms with Crippen LogP contribution in [-0.4, -0.2) is 23.0 Å². The average molecular weight is 239 g/mol. The van der Waals surface area contributed by atoms with E-state index in [0.717, 1.165) is 12.2 Å². The Morgan fingerprint density at radius 3 is 2.94 bits per heavy atom. The minimum Gasteiger partial charge on any atom is -0.297 e. The van der Waals surface area contributed by atoms with Gasteiger partial charge in [-0.25, -0.2) is 4.98 Å². The van der Waals surface area contributed by atoms with E-state index in [1.54, 1.807) is 0 Å². The highest BCUT2D eigenvalue weighted by atomic mass is 35.5. The van der Waals surface area contributed by atoms with Gasteiger partial charge in [-0.1, -0.05) is 31.0 Å². The highest BCUT2D eigenvalue weighted by Crippen LogP contribution is 2.32. The summed E-state index contributed by atoms with van der Waals surface area (Å²) in [6.07, 6.45) is 3.89. The lowest BCUT2D eigenvalue weighted by atomic mass is 9.94. The highest BCUT2D eigenvalue weighted by Gasteiger charge is 2.24. The fraction of sp³-hybridized carbons (Fsp3) is 0.615. The Kier molecular flexibility index (Phi) is 3.82. The number of aromatic nitrogens is 1. The molecule has 1 aromatic rings. The Balaban J connectivity index is 2.27. The number of halogens is 1. The van der Waals surface area contributed by atoms with Crippen LogP contribution in [0.5, 0.6) is 0 Å². The summed E-state index contributed by atoms with van der Waals surface area (Å²) in [6.45, 7) is 6.62. The van der Waals surface area contributed by atoms with E-state index in [0.29, 0.717) is 11.2 Å². The van der Waals surface area contributed by atoms with Gasteiger partial charge < -0.3 is 0 Å². The zero-order valence-electron chi connectivity index (χ0n) is 10.0. The molecule has 0 aliphatic carbocycles. The zero-order chi connectivity index (χ0) is 11.5. The van der Waals surface area contributed by atoms with Gasteiger partial charge in [0.15, 0.2) is 0 Å². The first kappa shape index (κ1) is 11.9. The van der Waals surface area contributed by atoms with Gasteiger partial charge >= 0.3 is 0 Å². The fourth-order valence-electron chi connectivity index (χ4n) is 2.62. The van der Waals surface area contributed by atoms with Gasteiger partial charge in [0.2, 0.25) is 0 Å². The molecular formula is C13H19ClN2. The molecule has 1 saturated heterocycles. The molecule has 3 heteroatoms. The van der Waals surface area contributed by atoms with Crippen LogP contribution in [0.2, 0.25) is 5.15 Å². The highest BCUT2D eigenvalue weighted by molar-refractivity contribution is 6.29. The van der Waals surface area contributed by atoms with Crippen molar-refractivity contribution in [2.75, 3.05) is 13.1 Å². The van der Waals surface area contributed by atoms with Crippen LogP contribution in [0.1, 0.15) is 43.5 Å². The third-order valence-electron chi connectivity index (χ3n) is 3.47. The molecule has 0 unspecified atom stereocenters. The first-order valence-electron chi connectivity index (χ1n) is 6.09. The maximum Gasteiger partial charge on any atom is 0.129 e. The molecular weight excluding hydrogens is 220 g/mol. The van der Waals surface area contributed by atoms with Crippen molar-refractivity contribution >= 4 is 11.6 Å². The van der Waals surface area contributed by atoms with Crippen molar-refractivity contribution in [1.29, 1.82) is 0 Å². The van der Waals surface area contributed by atoms with Crippen molar-refractivity contribution in [2.45, 2.75) is 39.2 Å². The summed E-state index contributed by atoms with van der Waals surface area (Å²) in [4.78, 5) is 6.90. The van der Waals surface area contributed by atoms with Gasteiger partial charge in [0.1, 0.15) is 5.15 Å². The first-order chi connectivity index (χ1) is 7.72. The minimum atomic E-state index is 0.545. The third kappa shape index (κ3) is 2.38. The van der Waals surface area contributed by atoms with Crippen LogP contribution in [0.25, 0.3) is 0 Å². The van der Waals surface area contributed by atoms with E-state index in [1.807, 2.05) is 6.07 Å². The Bertz CT molecular complexity index is 365.